The van der Waals surface area contributed by atoms with Crippen molar-refractivity contribution in [3.63, 3.8) is 0 Å². The summed E-state index contributed by atoms with van der Waals surface area (Å²) in [6.07, 6.45) is 7.24. The molecule has 0 aromatic heterocycles. The molecule has 0 spiro atoms. The zero-order valence-electron chi connectivity index (χ0n) is 14.1. The minimum Gasteiger partial charge on any atom is -0.368 e. The molecule has 0 radical (unpaired) electrons. The molecule has 1 saturated carbocycles. The highest BCUT2D eigenvalue weighted by Gasteiger charge is 2.49. The quantitative estimate of drug-likeness (QED) is 0.859. The van der Waals surface area contributed by atoms with Crippen molar-refractivity contribution < 1.29 is 4.74 Å². The van der Waals surface area contributed by atoms with Crippen LogP contribution in [0.3, 0.4) is 0 Å². The van der Waals surface area contributed by atoms with Gasteiger partial charge in [-0.15, -0.1) is 0 Å². The first kappa shape index (κ1) is 16.3. The molecule has 3 nitrogen and oxygen atoms in total. The first-order chi connectivity index (χ1) is 9.25. The predicted molar refractivity (Wildman–Crippen MR) is 84.9 cm³/mol. The number of ether oxygens (including phenoxy) is 1. The Kier molecular flexibility index (Phi) is 4.83. The molecule has 20 heavy (non-hydrogen) atoms. The third kappa shape index (κ3) is 3.55. The summed E-state index contributed by atoms with van der Waals surface area (Å²) in [5.41, 5.74) is 6.04. The van der Waals surface area contributed by atoms with Crippen molar-refractivity contribution in [3.8, 4) is 0 Å². The van der Waals surface area contributed by atoms with Gasteiger partial charge in [0.1, 0.15) is 0 Å². The lowest BCUT2D eigenvalue weighted by atomic mass is 9.86. The molecule has 1 unspecified atom stereocenters. The van der Waals surface area contributed by atoms with Gasteiger partial charge in [0.15, 0.2) is 0 Å². The molecule has 0 bridgehead atoms. The third-order valence-corrected chi connectivity index (χ3v) is 5.12. The molecule has 0 aromatic rings. The second-order valence-electron chi connectivity index (χ2n) is 7.99. The molecule has 2 rings (SSSR count). The summed E-state index contributed by atoms with van der Waals surface area (Å²) in [7, 11) is 0. The van der Waals surface area contributed by atoms with Gasteiger partial charge in [0, 0.05) is 18.1 Å². The zero-order valence-corrected chi connectivity index (χ0v) is 14.1. The first-order valence-corrected chi connectivity index (χ1v) is 8.46. The van der Waals surface area contributed by atoms with Crippen LogP contribution in [0.15, 0.2) is 0 Å². The van der Waals surface area contributed by atoms with E-state index in [0.717, 1.165) is 6.42 Å². The standard InChI is InChI=1S/C17H34N2O/c1-6-11-19(14-9-7-13(18)8-10-14)15-12-16(2,3)20-17(15,4)5/h13-15H,6-12,18H2,1-5H3. The van der Waals surface area contributed by atoms with Crippen molar-refractivity contribution in [1.29, 1.82) is 0 Å². The van der Waals surface area contributed by atoms with E-state index in [-0.39, 0.29) is 11.2 Å². The van der Waals surface area contributed by atoms with Crippen LogP contribution in [-0.4, -0.2) is 40.8 Å². The molecule has 2 aliphatic rings. The van der Waals surface area contributed by atoms with Gasteiger partial charge in [-0.1, -0.05) is 6.92 Å². The van der Waals surface area contributed by atoms with Crippen LogP contribution in [0, 0.1) is 0 Å². The Labute approximate surface area is 125 Å². The second-order valence-corrected chi connectivity index (χ2v) is 7.99. The topological polar surface area (TPSA) is 38.5 Å². The van der Waals surface area contributed by atoms with Gasteiger partial charge < -0.3 is 10.5 Å². The molecule has 118 valence electrons. The number of rotatable bonds is 4. The Bertz CT molecular complexity index is 319. The molecule has 3 heteroatoms. The highest BCUT2D eigenvalue weighted by Crippen LogP contribution is 2.42. The smallest absolute Gasteiger partial charge is 0.0789 e. The van der Waals surface area contributed by atoms with Gasteiger partial charge in [0.05, 0.1) is 11.2 Å². The van der Waals surface area contributed by atoms with Crippen molar-refractivity contribution in [2.75, 3.05) is 6.54 Å². The monoisotopic (exact) mass is 282 g/mol. The van der Waals surface area contributed by atoms with Crippen molar-refractivity contribution in [1.82, 2.24) is 4.90 Å². The highest BCUT2D eigenvalue weighted by atomic mass is 16.5. The van der Waals surface area contributed by atoms with E-state index in [4.69, 9.17) is 10.5 Å². The average Bonchev–Trinajstić information content (AvgIpc) is 2.55. The maximum Gasteiger partial charge on any atom is 0.0789 e. The van der Waals surface area contributed by atoms with E-state index in [1.807, 2.05) is 0 Å². The Morgan fingerprint density at radius 3 is 2.15 bits per heavy atom. The van der Waals surface area contributed by atoms with Gasteiger partial charge in [-0.05, 0) is 72.8 Å². The van der Waals surface area contributed by atoms with Gasteiger partial charge in [-0.25, -0.2) is 0 Å². The van der Waals surface area contributed by atoms with Gasteiger partial charge >= 0.3 is 0 Å². The molecule has 1 aliphatic carbocycles. The van der Waals surface area contributed by atoms with Crippen LogP contribution < -0.4 is 5.73 Å². The van der Waals surface area contributed by atoms with Gasteiger partial charge in [-0.2, -0.15) is 0 Å². The van der Waals surface area contributed by atoms with E-state index in [2.05, 4.69) is 39.5 Å². The van der Waals surface area contributed by atoms with Gasteiger partial charge in [0.2, 0.25) is 0 Å². The minimum atomic E-state index is -0.0434. The van der Waals surface area contributed by atoms with Crippen LogP contribution in [-0.2, 0) is 4.74 Å². The molecule has 0 amide bonds. The Hall–Kier alpha value is -0.120. The van der Waals surface area contributed by atoms with Crippen molar-refractivity contribution >= 4 is 0 Å². The number of hydrogen-bond donors (Lipinski definition) is 1. The minimum absolute atomic E-state index is 0.00519. The van der Waals surface area contributed by atoms with Crippen molar-refractivity contribution in [2.24, 2.45) is 5.73 Å². The molecular weight excluding hydrogens is 248 g/mol. The Morgan fingerprint density at radius 2 is 1.70 bits per heavy atom. The molecule has 2 fully saturated rings. The summed E-state index contributed by atoms with van der Waals surface area (Å²) in [6, 6.07) is 1.67. The van der Waals surface area contributed by atoms with E-state index < -0.39 is 0 Å². The van der Waals surface area contributed by atoms with E-state index in [9.17, 15) is 0 Å². The van der Waals surface area contributed by atoms with Crippen molar-refractivity contribution in [2.45, 2.75) is 102 Å². The molecule has 1 atom stereocenters. The van der Waals surface area contributed by atoms with Crippen LogP contribution in [0.5, 0.6) is 0 Å². The van der Waals surface area contributed by atoms with E-state index in [1.54, 1.807) is 0 Å². The third-order valence-electron chi connectivity index (χ3n) is 5.12. The van der Waals surface area contributed by atoms with Crippen molar-refractivity contribution in [3.05, 3.63) is 0 Å². The van der Waals surface area contributed by atoms with Gasteiger partial charge in [0.25, 0.3) is 0 Å². The average molecular weight is 282 g/mol. The maximum absolute atomic E-state index is 6.32. The largest absolute Gasteiger partial charge is 0.368 e. The summed E-state index contributed by atoms with van der Waals surface area (Å²) in [4.78, 5) is 2.75. The lowest BCUT2D eigenvalue weighted by molar-refractivity contribution is -0.0857. The Morgan fingerprint density at radius 1 is 1.10 bits per heavy atom. The Balaban J connectivity index is 2.12. The maximum atomic E-state index is 6.32. The first-order valence-electron chi connectivity index (χ1n) is 8.46. The number of nitrogens with zero attached hydrogens (tertiary/aromatic N) is 1. The van der Waals surface area contributed by atoms with E-state index in [0.29, 0.717) is 18.1 Å². The van der Waals surface area contributed by atoms with Crippen LogP contribution in [0.25, 0.3) is 0 Å². The van der Waals surface area contributed by atoms with E-state index in [1.165, 1.54) is 38.6 Å². The van der Waals surface area contributed by atoms with E-state index >= 15 is 0 Å². The fraction of sp³-hybridized carbons (Fsp3) is 1.00. The molecule has 2 N–H and O–H groups in total. The number of hydrogen-bond acceptors (Lipinski definition) is 3. The van der Waals surface area contributed by atoms with Gasteiger partial charge in [-0.3, -0.25) is 4.90 Å². The summed E-state index contributed by atoms with van der Waals surface area (Å²) in [5.74, 6) is 0. The molecular formula is C17H34N2O. The lowest BCUT2D eigenvalue weighted by Gasteiger charge is -2.43. The normalized spacial score (nSPS) is 36.5. The summed E-state index contributed by atoms with van der Waals surface area (Å²) >= 11 is 0. The predicted octanol–water partition coefficient (Wildman–Crippen LogP) is 3.31. The fourth-order valence-corrected chi connectivity index (χ4v) is 4.33. The summed E-state index contributed by atoms with van der Waals surface area (Å²) < 4.78 is 6.32. The second kappa shape index (κ2) is 5.94. The molecule has 1 heterocycles. The fourth-order valence-electron chi connectivity index (χ4n) is 4.33. The van der Waals surface area contributed by atoms with Crippen LogP contribution >= 0.6 is 0 Å². The van der Waals surface area contributed by atoms with Crippen LogP contribution in [0.2, 0.25) is 0 Å². The lowest BCUT2D eigenvalue weighted by Crippen LogP contribution is -2.53. The van der Waals surface area contributed by atoms with Crippen LogP contribution in [0.1, 0.15) is 73.1 Å². The van der Waals surface area contributed by atoms with Crippen LogP contribution in [0.4, 0.5) is 0 Å². The summed E-state index contributed by atoms with van der Waals surface area (Å²) in [6.45, 7) is 12.5. The SMILES string of the molecule is CCCN(C1CCC(N)CC1)C1CC(C)(C)OC1(C)C. The highest BCUT2D eigenvalue weighted by molar-refractivity contribution is 5.02. The molecule has 0 aromatic carbocycles. The zero-order chi connectivity index (χ0) is 15.0. The summed E-state index contributed by atoms with van der Waals surface area (Å²) in [5, 5.41) is 0. The molecule has 1 saturated heterocycles. The molecule has 1 aliphatic heterocycles. The number of nitrogens with two attached hydrogens (primary N) is 1.